The predicted molar refractivity (Wildman–Crippen MR) is 67.3 cm³/mol. The molecule has 0 spiro atoms. The monoisotopic (exact) mass is 253 g/mol. The van der Waals surface area contributed by atoms with Gasteiger partial charge < -0.3 is 10.1 Å². The highest BCUT2D eigenvalue weighted by atomic mass is 35.5. The molecule has 17 heavy (non-hydrogen) atoms. The highest BCUT2D eigenvalue weighted by molar-refractivity contribution is 6.17. The Morgan fingerprint density at radius 1 is 1.53 bits per heavy atom. The van der Waals surface area contributed by atoms with E-state index in [2.05, 4.69) is 5.32 Å². The first-order valence-corrected chi connectivity index (χ1v) is 6.34. The fourth-order valence-electron chi connectivity index (χ4n) is 1.88. The maximum Gasteiger partial charge on any atom is 0.251 e. The number of carbonyl (C=O) groups is 1. The largest absolute Gasteiger partial charge is 0.381 e. The second-order valence-electron chi connectivity index (χ2n) is 4.27. The average Bonchev–Trinajstić information content (AvgIpc) is 2.89. The average molecular weight is 254 g/mol. The van der Waals surface area contributed by atoms with Gasteiger partial charge in [0.2, 0.25) is 0 Å². The van der Waals surface area contributed by atoms with Crippen molar-refractivity contribution in [1.82, 2.24) is 5.32 Å². The second-order valence-corrected chi connectivity index (χ2v) is 4.54. The molecule has 1 heterocycles. The molecule has 1 aliphatic rings. The van der Waals surface area contributed by atoms with E-state index in [1.165, 1.54) is 0 Å². The van der Waals surface area contributed by atoms with E-state index in [1.54, 1.807) is 6.07 Å². The number of carbonyl (C=O) groups excluding carboxylic acids is 1. The van der Waals surface area contributed by atoms with Gasteiger partial charge in [-0.3, -0.25) is 4.79 Å². The fourth-order valence-corrected chi connectivity index (χ4v) is 2.05. The lowest BCUT2D eigenvalue weighted by Crippen LogP contribution is -2.29. The van der Waals surface area contributed by atoms with Crippen LogP contribution in [0.2, 0.25) is 0 Å². The summed E-state index contributed by atoms with van der Waals surface area (Å²) in [5, 5.41) is 2.93. The first-order valence-electron chi connectivity index (χ1n) is 5.80. The quantitative estimate of drug-likeness (QED) is 0.836. The molecule has 0 aliphatic carbocycles. The van der Waals surface area contributed by atoms with E-state index in [1.807, 2.05) is 18.2 Å². The van der Waals surface area contributed by atoms with Gasteiger partial charge in [0.15, 0.2) is 0 Å². The van der Waals surface area contributed by atoms with Crippen LogP contribution in [0, 0.1) is 5.92 Å². The van der Waals surface area contributed by atoms with Gasteiger partial charge in [0.1, 0.15) is 0 Å². The minimum Gasteiger partial charge on any atom is -0.381 e. The molecule has 1 N–H and O–H groups in total. The topological polar surface area (TPSA) is 38.3 Å². The summed E-state index contributed by atoms with van der Waals surface area (Å²) in [5.41, 5.74) is 1.63. The Hall–Kier alpha value is -1.06. The summed E-state index contributed by atoms with van der Waals surface area (Å²) in [6.45, 7) is 2.24. The number of rotatable bonds is 4. The molecule has 0 saturated carbocycles. The molecule has 0 aromatic heterocycles. The van der Waals surface area contributed by atoms with E-state index in [9.17, 15) is 4.79 Å². The molecule has 1 aromatic carbocycles. The zero-order valence-electron chi connectivity index (χ0n) is 9.62. The van der Waals surface area contributed by atoms with Gasteiger partial charge in [0, 0.05) is 30.5 Å². The second kappa shape index (κ2) is 6.03. The standard InChI is InChI=1S/C13H16ClNO2/c14-7-10-2-1-3-12(6-10)13(16)15-8-11-4-5-17-9-11/h1-3,6,11H,4-5,7-9H2,(H,15,16). The van der Waals surface area contributed by atoms with Gasteiger partial charge in [0.05, 0.1) is 6.61 Å². The van der Waals surface area contributed by atoms with Crippen LogP contribution in [0.15, 0.2) is 24.3 Å². The molecule has 1 atom stereocenters. The summed E-state index contributed by atoms with van der Waals surface area (Å²) in [7, 11) is 0. The molecule has 1 aromatic rings. The zero-order chi connectivity index (χ0) is 12.1. The molecule has 0 bridgehead atoms. The maximum absolute atomic E-state index is 11.9. The van der Waals surface area contributed by atoms with Crippen molar-refractivity contribution in [2.75, 3.05) is 19.8 Å². The number of amides is 1. The van der Waals surface area contributed by atoms with Crippen molar-refractivity contribution >= 4 is 17.5 Å². The van der Waals surface area contributed by atoms with Gasteiger partial charge in [-0.1, -0.05) is 12.1 Å². The maximum atomic E-state index is 11.9. The number of benzene rings is 1. The van der Waals surface area contributed by atoms with Gasteiger partial charge in [-0.15, -0.1) is 11.6 Å². The molecule has 1 amide bonds. The Labute approximate surface area is 106 Å². The Morgan fingerprint density at radius 2 is 2.41 bits per heavy atom. The Kier molecular flexibility index (Phi) is 4.40. The molecule has 1 fully saturated rings. The molecule has 1 saturated heterocycles. The molecule has 1 aliphatic heterocycles. The van der Waals surface area contributed by atoms with Gasteiger partial charge in [-0.05, 0) is 24.1 Å². The fraction of sp³-hybridized carbons (Fsp3) is 0.462. The van der Waals surface area contributed by atoms with E-state index >= 15 is 0 Å². The van der Waals surface area contributed by atoms with E-state index in [0.29, 0.717) is 23.9 Å². The van der Waals surface area contributed by atoms with Crippen LogP contribution in [0.1, 0.15) is 22.3 Å². The van der Waals surface area contributed by atoms with Crippen molar-refractivity contribution in [1.29, 1.82) is 0 Å². The molecule has 0 radical (unpaired) electrons. The molecular formula is C13H16ClNO2. The Bertz CT molecular complexity index is 389. The lowest BCUT2D eigenvalue weighted by atomic mass is 10.1. The SMILES string of the molecule is O=C(NCC1CCOC1)c1cccc(CCl)c1. The van der Waals surface area contributed by atoms with Crippen molar-refractivity contribution in [3.8, 4) is 0 Å². The third-order valence-corrected chi connectivity index (χ3v) is 3.23. The third-order valence-electron chi connectivity index (χ3n) is 2.92. The summed E-state index contributed by atoms with van der Waals surface area (Å²) >= 11 is 5.74. The summed E-state index contributed by atoms with van der Waals surface area (Å²) in [5.74, 6) is 0.844. The van der Waals surface area contributed by atoms with Crippen LogP contribution in [0.4, 0.5) is 0 Å². The van der Waals surface area contributed by atoms with Crippen molar-refractivity contribution in [3.05, 3.63) is 35.4 Å². The highest BCUT2D eigenvalue weighted by Gasteiger charge is 2.16. The minimum absolute atomic E-state index is 0.0381. The van der Waals surface area contributed by atoms with Crippen LogP contribution in [-0.2, 0) is 10.6 Å². The normalized spacial score (nSPS) is 19.2. The Morgan fingerprint density at radius 3 is 3.12 bits per heavy atom. The first-order chi connectivity index (χ1) is 8.29. The number of hydrogen-bond acceptors (Lipinski definition) is 2. The number of hydrogen-bond donors (Lipinski definition) is 1. The van der Waals surface area contributed by atoms with Gasteiger partial charge in [-0.2, -0.15) is 0 Å². The van der Waals surface area contributed by atoms with Crippen LogP contribution in [0.5, 0.6) is 0 Å². The van der Waals surface area contributed by atoms with Gasteiger partial charge in [-0.25, -0.2) is 0 Å². The van der Waals surface area contributed by atoms with E-state index in [4.69, 9.17) is 16.3 Å². The lowest BCUT2D eigenvalue weighted by molar-refractivity contribution is 0.0945. The summed E-state index contributed by atoms with van der Waals surface area (Å²) in [6.07, 6.45) is 1.03. The summed E-state index contributed by atoms with van der Waals surface area (Å²) in [6, 6.07) is 7.39. The number of nitrogens with one attached hydrogen (secondary N) is 1. The predicted octanol–water partition coefficient (Wildman–Crippen LogP) is 2.19. The first kappa shape index (κ1) is 12.4. The van der Waals surface area contributed by atoms with Crippen LogP contribution >= 0.6 is 11.6 Å². The molecule has 1 unspecified atom stereocenters. The molecular weight excluding hydrogens is 238 g/mol. The van der Waals surface area contributed by atoms with Crippen LogP contribution in [0.25, 0.3) is 0 Å². The molecule has 3 nitrogen and oxygen atoms in total. The van der Waals surface area contributed by atoms with E-state index < -0.39 is 0 Å². The zero-order valence-corrected chi connectivity index (χ0v) is 10.4. The number of halogens is 1. The molecule has 2 rings (SSSR count). The minimum atomic E-state index is -0.0381. The van der Waals surface area contributed by atoms with Gasteiger partial charge in [0.25, 0.3) is 5.91 Å². The highest BCUT2D eigenvalue weighted by Crippen LogP contribution is 2.12. The lowest BCUT2D eigenvalue weighted by Gasteiger charge is -2.09. The summed E-state index contributed by atoms with van der Waals surface area (Å²) in [4.78, 5) is 11.9. The smallest absolute Gasteiger partial charge is 0.251 e. The van der Waals surface area contributed by atoms with E-state index in [0.717, 1.165) is 25.2 Å². The van der Waals surface area contributed by atoms with Crippen molar-refractivity contribution in [2.45, 2.75) is 12.3 Å². The molecule has 92 valence electrons. The van der Waals surface area contributed by atoms with Crippen LogP contribution in [-0.4, -0.2) is 25.7 Å². The number of alkyl halides is 1. The van der Waals surface area contributed by atoms with Crippen molar-refractivity contribution in [2.24, 2.45) is 5.92 Å². The Balaban J connectivity index is 1.89. The van der Waals surface area contributed by atoms with Crippen LogP contribution in [0.3, 0.4) is 0 Å². The third kappa shape index (κ3) is 3.45. The van der Waals surface area contributed by atoms with E-state index in [-0.39, 0.29) is 5.91 Å². The van der Waals surface area contributed by atoms with Gasteiger partial charge >= 0.3 is 0 Å². The van der Waals surface area contributed by atoms with Crippen LogP contribution < -0.4 is 5.32 Å². The number of ether oxygens (including phenoxy) is 1. The summed E-state index contributed by atoms with van der Waals surface area (Å²) < 4.78 is 5.26. The van der Waals surface area contributed by atoms with Crippen molar-refractivity contribution in [3.63, 3.8) is 0 Å². The van der Waals surface area contributed by atoms with Crippen molar-refractivity contribution < 1.29 is 9.53 Å². The molecule has 4 heteroatoms.